The molecule has 10 heteroatoms. The Morgan fingerprint density at radius 1 is 1.14 bits per heavy atom. The molecule has 3 unspecified atom stereocenters. The van der Waals surface area contributed by atoms with Crippen molar-refractivity contribution in [1.82, 2.24) is 0 Å². The Labute approximate surface area is 163 Å². The molecule has 0 saturated carbocycles. The van der Waals surface area contributed by atoms with Crippen molar-refractivity contribution in [1.29, 1.82) is 0 Å². The molecule has 0 radical (unpaired) electrons. The number of hydrogen-bond acceptors (Lipinski definition) is 5. The van der Waals surface area contributed by atoms with E-state index >= 15 is 0 Å². The van der Waals surface area contributed by atoms with Crippen LogP contribution in [0.4, 0.5) is 13.2 Å². The molecule has 0 amide bonds. The third-order valence-electron chi connectivity index (χ3n) is 4.59. The average molecular weight is 438 g/mol. The number of methoxy groups -OCH3 is 1. The maximum absolute atomic E-state index is 13.1. The molecule has 1 fully saturated rings. The number of rotatable bonds is 6. The lowest BCUT2D eigenvalue weighted by atomic mass is 10.1. The summed E-state index contributed by atoms with van der Waals surface area (Å²) in [6, 6.07) is 12.3. The second-order valence-corrected chi connectivity index (χ2v) is 11.2. The molecule has 2 aromatic rings. The van der Waals surface area contributed by atoms with Gasteiger partial charge in [-0.2, -0.15) is 21.6 Å². The highest BCUT2D eigenvalue weighted by Crippen LogP contribution is 2.65. The molecule has 3 rings (SSSR count). The van der Waals surface area contributed by atoms with Crippen molar-refractivity contribution >= 4 is 31.2 Å². The molecule has 2 aromatic carbocycles. The molecule has 156 valence electrons. The highest BCUT2D eigenvalue weighted by Gasteiger charge is 2.53. The third kappa shape index (κ3) is 4.16. The van der Waals surface area contributed by atoms with E-state index < -0.39 is 38.3 Å². The fourth-order valence-corrected chi connectivity index (χ4v) is 8.69. The summed E-state index contributed by atoms with van der Waals surface area (Å²) in [4.78, 5) is 0.481. The quantitative estimate of drug-likeness (QED) is 0.489. The highest BCUT2D eigenvalue weighted by atomic mass is 32.3. The topological polar surface area (TPSA) is 61.8 Å². The Morgan fingerprint density at radius 2 is 1.82 bits per heavy atom. The standard InChI is InChI=1S/C18H21F3O5S2/c1-13(24-2)25-15-10-11-27(12-15,26-28(22,23)18(19,20)21)17-9-5-7-14-6-3-4-8-16(14)17/h3-9,13,15H,10-12H2,1-2H3. The van der Waals surface area contributed by atoms with Crippen LogP contribution in [0.1, 0.15) is 13.3 Å². The van der Waals surface area contributed by atoms with E-state index in [0.717, 1.165) is 5.39 Å². The van der Waals surface area contributed by atoms with Crippen LogP contribution in [0.2, 0.25) is 0 Å². The number of fused-ring (bicyclic) bond motifs is 1. The monoisotopic (exact) mass is 438 g/mol. The predicted molar refractivity (Wildman–Crippen MR) is 102 cm³/mol. The summed E-state index contributed by atoms with van der Waals surface area (Å²) in [7, 11) is -7.11. The lowest BCUT2D eigenvalue weighted by Gasteiger charge is -2.35. The maximum Gasteiger partial charge on any atom is 0.523 e. The van der Waals surface area contributed by atoms with E-state index in [4.69, 9.17) is 13.1 Å². The Kier molecular flexibility index (Phi) is 5.98. The predicted octanol–water partition coefficient (Wildman–Crippen LogP) is 4.57. The van der Waals surface area contributed by atoms with Crippen molar-refractivity contribution in [3.8, 4) is 0 Å². The van der Waals surface area contributed by atoms with Crippen LogP contribution in [0.15, 0.2) is 47.4 Å². The Hall–Kier alpha value is -1.33. The van der Waals surface area contributed by atoms with Gasteiger partial charge in [-0.25, -0.2) is 3.63 Å². The molecule has 0 aliphatic carbocycles. The largest absolute Gasteiger partial charge is 0.523 e. The molecule has 0 spiro atoms. The Bertz CT molecular complexity index is 942. The molecule has 1 heterocycles. The van der Waals surface area contributed by atoms with Crippen molar-refractivity contribution < 1.29 is 34.7 Å². The van der Waals surface area contributed by atoms with Gasteiger partial charge in [0, 0.05) is 23.5 Å². The lowest BCUT2D eigenvalue weighted by molar-refractivity contribution is -0.136. The zero-order valence-corrected chi connectivity index (χ0v) is 16.9. The molecule has 0 N–H and O–H groups in total. The minimum Gasteiger partial charge on any atom is -0.356 e. The van der Waals surface area contributed by atoms with Gasteiger partial charge < -0.3 is 9.47 Å². The van der Waals surface area contributed by atoms with Crippen LogP contribution in [0, 0.1) is 0 Å². The molecule has 0 bridgehead atoms. The van der Waals surface area contributed by atoms with Crippen LogP contribution in [0.25, 0.3) is 10.8 Å². The molecule has 28 heavy (non-hydrogen) atoms. The number of halogens is 3. The van der Waals surface area contributed by atoms with Crippen LogP contribution in [-0.2, 0) is 23.2 Å². The second-order valence-electron chi connectivity index (χ2n) is 6.48. The zero-order chi connectivity index (χ0) is 20.6. The molecule has 1 saturated heterocycles. The van der Waals surface area contributed by atoms with Crippen LogP contribution < -0.4 is 0 Å². The normalized spacial score (nSPS) is 26.8. The SMILES string of the molecule is COC(C)OC1CCS(OS(=O)(=O)C(F)(F)F)(c2cccc3ccccc23)C1. The van der Waals surface area contributed by atoms with Crippen LogP contribution in [-0.4, -0.2) is 44.9 Å². The summed E-state index contributed by atoms with van der Waals surface area (Å²) in [5.74, 6) is 0.196. The highest BCUT2D eigenvalue weighted by molar-refractivity contribution is 8.33. The van der Waals surface area contributed by atoms with Gasteiger partial charge in [0.1, 0.15) is 0 Å². The molecule has 1 aliphatic heterocycles. The average Bonchev–Trinajstić information content (AvgIpc) is 3.03. The molecule has 1 aliphatic rings. The fraction of sp³-hybridized carbons (Fsp3) is 0.444. The smallest absolute Gasteiger partial charge is 0.356 e. The van der Waals surface area contributed by atoms with Gasteiger partial charge in [0.2, 0.25) is 0 Å². The van der Waals surface area contributed by atoms with Gasteiger partial charge in [-0.3, -0.25) is 0 Å². The Morgan fingerprint density at radius 3 is 2.50 bits per heavy atom. The summed E-state index contributed by atoms with van der Waals surface area (Å²) < 4.78 is 78.9. The number of alkyl halides is 3. The molecule has 3 atom stereocenters. The van der Waals surface area contributed by atoms with Crippen molar-refractivity contribution in [2.75, 3.05) is 18.6 Å². The number of benzene rings is 2. The molecular weight excluding hydrogens is 417 g/mol. The van der Waals surface area contributed by atoms with E-state index in [1.54, 1.807) is 31.2 Å². The van der Waals surface area contributed by atoms with E-state index in [-0.39, 0.29) is 11.5 Å². The molecule has 0 aromatic heterocycles. The third-order valence-corrected chi connectivity index (χ3v) is 9.88. The summed E-state index contributed by atoms with van der Waals surface area (Å²) in [6.07, 6.45) is -0.654. The van der Waals surface area contributed by atoms with E-state index in [2.05, 4.69) is 0 Å². The second kappa shape index (κ2) is 7.83. The molecule has 5 nitrogen and oxygen atoms in total. The van der Waals surface area contributed by atoms with Crippen LogP contribution in [0.3, 0.4) is 0 Å². The van der Waals surface area contributed by atoms with Crippen molar-refractivity contribution in [2.24, 2.45) is 0 Å². The Balaban J connectivity index is 2.08. The van der Waals surface area contributed by atoms with Crippen molar-refractivity contribution in [3.63, 3.8) is 0 Å². The lowest BCUT2D eigenvalue weighted by Crippen LogP contribution is -2.29. The van der Waals surface area contributed by atoms with E-state index in [0.29, 0.717) is 16.7 Å². The summed E-state index contributed by atoms with van der Waals surface area (Å²) in [5, 5.41) is 1.48. The van der Waals surface area contributed by atoms with Gasteiger partial charge >= 0.3 is 15.6 Å². The maximum atomic E-state index is 13.1. The van der Waals surface area contributed by atoms with E-state index in [9.17, 15) is 21.6 Å². The zero-order valence-electron chi connectivity index (χ0n) is 15.3. The summed E-state index contributed by atoms with van der Waals surface area (Å²) in [5.41, 5.74) is -5.49. The first-order valence-electron chi connectivity index (χ1n) is 8.55. The van der Waals surface area contributed by atoms with Gasteiger partial charge in [-0.15, -0.1) is 0 Å². The first kappa shape index (κ1) is 21.4. The van der Waals surface area contributed by atoms with Crippen molar-refractivity contribution in [2.45, 2.75) is 36.1 Å². The summed E-state index contributed by atoms with van der Waals surface area (Å²) in [6.45, 7) is 1.67. The number of hydrogen-bond donors (Lipinski definition) is 0. The van der Waals surface area contributed by atoms with Gasteiger partial charge in [0.15, 0.2) is 6.29 Å². The minimum absolute atomic E-state index is 0.0457. The summed E-state index contributed by atoms with van der Waals surface area (Å²) >= 11 is 0. The van der Waals surface area contributed by atoms with Gasteiger partial charge in [-0.1, -0.05) is 46.7 Å². The van der Waals surface area contributed by atoms with E-state index in [1.165, 1.54) is 7.11 Å². The minimum atomic E-state index is -5.76. The van der Waals surface area contributed by atoms with Crippen molar-refractivity contribution in [3.05, 3.63) is 42.5 Å². The first-order valence-corrected chi connectivity index (χ1v) is 11.9. The first-order chi connectivity index (χ1) is 13.1. The van der Waals surface area contributed by atoms with E-state index in [1.807, 2.05) is 18.2 Å². The van der Waals surface area contributed by atoms with Gasteiger partial charge in [0.05, 0.1) is 6.10 Å². The van der Waals surface area contributed by atoms with Gasteiger partial charge in [0.25, 0.3) is 0 Å². The number of ether oxygens (including phenoxy) is 2. The van der Waals surface area contributed by atoms with Crippen LogP contribution in [0.5, 0.6) is 0 Å². The van der Waals surface area contributed by atoms with Crippen LogP contribution >= 0.6 is 10.3 Å². The molecular formula is C18H21F3O5S2. The van der Waals surface area contributed by atoms with Gasteiger partial charge in [-0.05, 0) is 30.2 Å². The fourth-order valence-electron chi connectivity index (χ4n) is 3.25.